The molecule has 0 radical (unpaired) electrons. The summed E-state index contributed by atoms with van der Waals surface area (Å²) in [5, 5.41) is 2.40. The molecule has 0 saturated carbocycles. The van der Waals surface area contributed by atoms with Crippen LogP contribution in [0.5, 0.6) is 0 Å². The quantitative estimate of drug-likeness (QED) is 0.564. The molecule has 4 heteroatoms. The van der Waals surface area contributed by atoms with E-state index in [0.717, 1.165) is 17.1 Å². The first-order chi connectivity index (χ1) is 9.72. The minimum Gasteiger partial charge on any atom is -0.459 e. The maximum atomic E-state index is 5.75. The van der Waals surface area contributed by atoms with Crippen LogP contribution in [0.15, 0.2) is 64.0 Å². The smallest absolute Gasteiger partial charge is 0.186 e. The third-order valence-electron chi connectivity index (χ3n) is 3.11. The van der Waals surface area contributed by atoms with Crippen molar-refractivity contribution in [2.24, 2.45) is 16.5 Å². The van der Waals surface area contributed by atoms with Crippen molar-refractivity contribution in [3.8, 4) is 11.3 Å². The molecule has 0 aliphatic rings. The van der Waals surface area contributed by atoms with Gasteiger partial charge in [0.05, 0.1) is 0 Å². The van der Waals surface area contributed by atoms with Crippen LogP contribution in [0.4, 0.5) is 0 Å². The van der Waals surface area contributed by atoms with E-state index < -0.39 is 0 Å². The van der Waals surface area contributed by atoms with Crippen molar-refractivity contribution in [2.45, 2.75) is 6.54 Å². The standard InChI is InChI=1S/C16H15N3O/c17-16(18)19-10-14-7-8-15(20-14)13-6-5-11-3-1-2-4-12(11)9-13/h1-9H,10H2,(H4,17,18,19). The molecule has 0 unspecified atom stereocenters. The Morgan fingerprint density at radius 3 is 2.55 bits per heavy atom. The second-order valence-electron chi connectivity index (χ2n) is 4.57. The van der Waals surface area contributed by atoms with E-state index >= 15 is 0 Å². The summed E-state index contributed by atoms with van der Waals surface area (Å²) in [4.78, 5) is 3.93. The third-order valence-corrected chi connectivity index (χ3v) is 3.11. The summed E-state index contributed by atoms with van der Waals surface area (Å²) in [5.41, 5.74) is 11.7. The average molecular weight is 265 g/mol. The summed E-state index contributed by atoms with van der Waals surface area (Å²) in [5.74, 6) is 1.62. The van der Waals surface area contributed by atoms with Crippen LogP contribution < -0.4 is 11.5 Å². The number of nitrogens with two attached hydrogens (primary N) is 2. The second-order valence-corrected chi connectivity index (χ2v) is 4.57. The van der Waals surface area contributed by atoms with Crippen LogP contribution in [0.25, 0.3) is 22.1 Å². The first-order valence-corrected chi connectivity index (χ1v) is 6.36. The molecule has 20 heavy (non-hydrogen) atoms. The lowest BCUT2D eigenvalue weighted by atomic mass is 10.1. The number of furan rings is 1. The fourth-order valence-corrected chi connectivity index (χ4v) is 2.13. The molecule has 3 rings (SSSR count). The fourth-order valence-electron chi connectivity index (χ4n) is 2.13. The lowest BCUT2D eigenvalue weighted by Gasteiger charge is -2.01. The zero-order chi connectivity index (χ0) is 13.9. The number of guanidine groups is 1. The average Bonchev–Trinajstić information content (AvgIpc) is 2.93. The Balaban J connectivity index is 1.92. The molecular formula is C16H15N3O. The van der Waals surface area contributed by atoms with Crippen LogP contribution in [-0.2, 0) is 6.54 Å². The van der Waals surface area contributed by atoms with Crippen LogP contribution >= 0.6 is 0 Å². The van der Waals surface area contributed by atoms with Crippen molar-refractivity contribution in [1.29, 1.82) is 0 Å². The van der Waals surface area contributed by atoms with Crippen LogP contribution in [0, 0.1) is 0 Å². The first kappa shape index (κ1) is 12.3. The highest BCUT2D eigenvalue weighted by Crippen LogP contribution is 2.26. The second kappa shape index (κ2) is 5.09. The van der Waals surface area contributed by atoms with Gasteiger partial charge in [-0.05, 0) is 29.0 Å². The maximum Gasteiger partial charge on any atom is 0.186 e. The normalized spacial score (nSPS) is 10.6. The Bertz CT molecular complexity index is 770. The van der Waals surface area contributed by atoms with Gasteiger partial charge in [0.25, 0.3) is 0 Å². The minimum atomic E-state index is 0.0636. The minimum absolute atomic E-state index is 0.0636. The molecule has 4 N–H and O–H groups in total. The highest BCUT2D eigenvalue weighted by Gasteiger charge is 2.05. The summed E-state index contributed by atoms with van der Waals surface area (Å²) >= 11 is 0. The van der Waals surface area contributed by atoms with Gasteiger partial charge < -0.3 is 15.9 Å². The van der Waals surface area contributed by atoms with E-state index in [4.69, 9.17) is 15.9 Å². The number of rotatable bonds is 3. The summed E-state index contributed by atoms with van der Waals surface area (Å²) in [7, 11) is 0. The van der Waals surface area contributed by atoms with Gasteiger partial charge in [0.1, 0.15) is 18.1 Å². The summed E-state index contributed by atoms with van der Waals surface area (Å²) < 4.78 is 5.75. The van der Waals surface area contributed by atoms with E-state index in [1.165, 1.54) is 10.8 Å². The van der Waals surface area contributed by atoms with Crippen LogP contribution in [0.2, 0.25) is 0 Å². The van der Waals surface area contributed by atoms with Crippen molar-refractivity contribution in [3.63, 3.8) is 0 Å². The number of benzene rings is 2. The molecule has 1 heterocycles. The Hall–Kier alpha value is -2.75. The Morgan fingerprint density at radius 2 is 1.75 bits per heavy atom. The molecular weight excluding hydrogens is 250 g/mol. The molecule has 0 aliphatic carbocycles. The molecule has 0 bridgehead atoms. The van der Waals surface area contributed by atoms with E-state index in [-0.39, 0.29) is 5.96 Å². The van der Waals surface area contributed by atoms with Gasteiger partial charge in [-0.1, -0.05) is 36.4 Å². The van der Waals surface area contributed by atoms with Crippen LogP contribution in [0.1, 0.15) is 5.76 Å². The monoisotopic (exact) mass is 265 g/mol. The highest BCUT2D eigenvalue weighted by molar-refractivity contribution is 5.86. The SMILES string of the molecule is NC(N)=NCc1ccc(-c2ccc3ccccc3c2)o1. The molecule has 0 saturated heterocycles. The van der Waals surface area contributed by atoms with Crippen molar-refractivity contribution in [3.05, 3.63) is 60.4 Å². The van der Waals surface area contributed by atoms with Gasteiger partial charge in [-0.15, -0.1) is 0 Å². The van der Waals surface area contributed by atoms with Gasteiger partial charge in [-0.3, -0.25) is 0 Å². The summed E-state index contributed by atoms with van der Waals surface area (Å²) in [6.45, 7) is 0.357. The molecule has 100 valence electrons. The van der Waals surface area contributed by atoms with Crippen LogP contribution in [-0.4, -0.2) is 5.96 Å². The Labute approximate surface area is 116 Å². The number of hydrogen-bond donors (Lipinski definition) is 2. The lowest BCUT2D eigenvalue weighted by molar-refractivity contribution is 0.526. The Kier molecular flexibility index (Phi) is 3.13. The zero-order valence-electron chi connectivity index (χ0n) is 10.9. The molecule has 1 aromatic heterocycles. The van der Waals surface area contributed by atoms with E-state index in [2.05, 4.69) is 29.3 Å². The van der Waals surface area contributed by atoms with Gasteiger partial charge >= 0.3 is 0 Å². The number of nitrogens with zero attached hydrogens (tertiary/aromatic N) is 1. The van der Waals surface area contributed by atoms with Gasteiger partial charge in [-0.2, -0.15) is 0 Å². The van der Waals surface area contributed by atoms with E-state index in [9.17, 15) is 0 Å². The van der Waals surface area contributed by atoms with Crippen molar-refractivity contribution in [1.82, 2.24) is 0 Å². The van der Waals surface area contributed by atoms with Gasteiger partial charge in [0.15, 0.2) is 5.96 Å². The zero-order valence-corrected chi connectivity index (χ0v) is 10.9. The maximum absolute atomic E-state index is 5.75. The number of aliphatic imine (C=N–C) groups is 1. The third kappa shape index (κ3) is 2.49. The molecule has 0 aliphatic heterocycles. The van der Waals surface area contributed by atoms with E-state index in [1.54, 1.807) is 0 Å². The molecule has 0 amide bonds. The highest BCUT2D eigenvalue weighted by atomic mass is 16.3. The summed E-state index contributed by atoms with van der Waals surface area (Å²) in [6.07, 6.45) is 0. The lowest BCUT2D eigenvalue weighted by Crippen LogP contribution is -2.22. The number of fused-ring (bicyclic) bond motifs is 1. The van der Waals surface area contributed by atoms with E-state index in [0.29, 0.717) is 6.54 Å². The summed E-state index contributed by atoms with van der Waals surface area (Å²) in [6, 6.07) is 18.3. The molecule has 0 fully saturated rings. The molecule has 4 nitrogen and oxygen atoms in total. The predicted molar refractivity (Wildman–Crippen MR) is 81.2 cm³/mol. The molecule has 2 aromatic carbocycles. The number of hydrogen-bond acceptors (Lipinski definition) is 2. The van der Waals surface area contributed by atoms with Crippen molar-refractivity contribution in [2.75, 3.05) is 0 Å². The first-order valence-electron chi connectivity index (χ1n) is 6.36. The van der Waals surface area contributed by atoms with Gasteiger partial charge in [0, 0.05) is 5.56 Å². The van der Waals surface area contributed by atoms with Gasteiger partial charge in [-0.25, -0.2) is 4.99 Å². The van der Waals surface area contributed by atoms with Crippen molar-refractivity contribution < 1.29 is 4.42 Å². The predicted octanol–water partition coefficient (Wildman–Crippen LogP) is 2.87. The molecule has 3 aromatic rings. The van der Waals surface area contributed by atoms with Crippen molar-refractivity contribution >= 4 is 16.7 Å². The molecule has 0 atom stereocenters. The largest absolute Gasteiger partial charge is 0.459 e. The van der Waals surface area contributed by atoms with E-state index in [1.807, 2.05) is 30.3 Å². The Morgan fingerprint density at radius 1 is 0.950 bits per heavy atom. The molecule has 0 spiro atoms. The van der Waals surface area contributed by atoms with Crippen LogP contribution in [0.3, 0.4) is 0 Å². The topological polar surface area (TPSA) is 77.5 Å². The fraction of sp³-hybridized carbons (Fsp3) is 0.0625. The van der Waals surface area contributed by atoms with Gasteiger partial charge in [0.2, 0.25) is 0 Å².